The van der Waals surface area contributed by atoms with Gasteiger partial charge in [0.2, 0.25) is 5.56 Å². The van der Waals surface area contributed by atoms with Crippen LogP contribution >= 0.6 is 15.9 Å². The van der Waals surface area contributed by atoms with Crippen LogP contribution in [0, 0.1) is 0 Å². The molecule has 1 amide bonds. The lowest BCUT2D eigenvalue weighted by Gasteiger charge is -2.15. The number of carbonyl (C=O) groups is 1. The molecule has 4 nitrogen and oxygen atoms in total. The molecule has 0 unspecified atom stereocenters. The summed E-state index contributed by atoms with van der Waals surface area (Å²) in [5.41, 5.74) is 2.01. The summed E-state index contributed by atoms with van der Waals surface area (Å²) in [6, 6.07) is 17.0. The molecule has 0 spiro atoms. The molecule has 1 aromatic heterocycles. The minimum absolute atomic E-state index is 0.00852. The fourth-order valence-electron chi connectivity index (χ4n) is 2.82. The Morgan fingerprint density at radius 1 is 1.16 bits per heavy atom. The smallest absolute Gasteiger partial charge is 0.252 e. The maximum Gasteiger partial charge on any atom is 0.252 e. The number of aromatic amines is 1. The van der Waals surface area contributed by atoms with E-state index in [1.54, 1.807) is 6.07 Å². The molecule has 0 radical (unpaired) electrons. The summed E-state index contributed by atoms with van der Waals surface area (Å²) < 4.78 is 0.859. The SMILES string of the molecule is C[C@@H](CCc1ccccc1)NC(=O)c1cc(=O)[nH]c2ccc(Br)cc12. The Labute approximate surface area is 154 Å². The van der Waals surface area contributed by atoms with E-state index in [4.69, 9.17) is 0 Å². The molecule has 0 aliphatic carbocycles. The van der Waals surface area contributed by atoms with Crippen LogP contribution in [-0.4, -0.2) is 16.9 Å². The minimum atomic E-state index is -0.281. The van der Waals surface area contributed by atoms with Gasteiger partial charge in [-0.05, 0) is 43.5 Å². The first kappa shape index (κ1) is 17.4. The molecule has 3 aromatic rings. The zero-order chi connectivity index (χ0) is 17.8. The van der Waals surface area contributed by atoms with E-state index in [9.17, 15) is 9.59 Å². The van der Waals surface area contributed by atoms with E-state index >= 15 is 0 Å². The maximum atomic E-state index is 12.7. The highest BCUT2D eigenvalue weighted by Gasteiger charge is 2.14. The van der Waals surface area contributed by atoms with Crippen molar-refractivity contribution in [3.8, 4) is 0 Å². The molecule has 0 fully saturated rings. The van der Waals surface area contributed by atoms with Crippen molar-refractivity contribution in [2.75, 3.05) is 0 Å². The van der Waals surface area contributed by atoms with Crippen LogP contribution in [-0.2, 0) is 6.42 Å². The van der Waals surface area contributed by atoms with Crippen molar-refractivity contribution in [3.63, 3.8) is 0 Å². The largest absolute Gasteiger partial charge is 0.350 e. The van der Waals surface area contributed by atoms with Crippen LogP contribution in [0.1, 0.15) is 29.3 Å². The van der Waals surface area contributed by atoms with Crippen LogP contribution in [0.25, 0.3) is 10.9 Å². The van der Waals surface area contributed by atoms with Gasteiger partial charge in [0.15, 0.2) is 0 Å². The zero-order valence-electron chi connectivity index (χ0n) is 13.9. The third-order valence-corrected chi connectivity index (χ3v) is 4.63. The lowest BCUT2D eigenvalue weighted by atomic mass is 10.0. The van der Waals surface area contributed by atoms with E-state index in [1.165, 1.54) is 11.6 Å². The van der Waals surface area contributed by atoms with Gasteiger partial charge in [0, 0.05) is 27.5 Å². The van der Waals surface area contributed by atoms with Gasteiger partial charge < -0.3 is 10.3 Å². The molecule has 2 N–H and O–H groups in total. The van der Waals surface area contributed by atoms with E-state index in [1.807, 2.05) is 37.3 Å². The van der Waals surface area contributed by atoms with Gasteiger partial charge in [-0.2, -0.15) is 0 Å². The van der Waals surface area contributed by atoms with Crippen LogP contribution in [0.5, 0.6) is 0 Å². The van der Waals surface area contributed by atoms with Gasteiger partial charge in [0.05, 0.1) is 5.56 Å². The van der Waals surface area contributed by atoms with Crippen molar-refractivity contribution < 1.29 is 4.79 Å². The van der Waals surface area contributed by atoms with Crippen molar-refractivity contribution in [2.24, 2.45) is 0 Å². The highest BCUT2D eigenvalue weighted by atomic mass is 79.9. The molecule has 1 atom stereocenters. The monoisotopic (exact) mass is 398 g/mol. The number of pyridine rings is 1. The number of aromatic nitrogens is 1. The van der Waals surface area contributed by atoms with Gasteiger partial charge in [0.1, 0.15) is 0 Å². The summed E-state index contributed by atoms with van der Waals surface area (Å²) in [6.45, 7) is 1.98. The molecule has 0 saturated heterocycles. The Morgan fingerprint density at radius 3 is 2.68 bits per heavy atom. The first-order valence-corrected chi connectivity index (χ1v) is 8.99. The van der Waals surface area contributed by atoms with Gasteiger partial charge in [-0.1, -0.05) is 46.3 Å². The number of rotatable bonds is 5. The molecule has 1 heterocycles. The summed E-state index contributed by atoms with van der Waals surface area (Å²) in [6.07, 6.45) is 1.73. The normalized spacial score (nSPS) is 12.1. The molecule has 0 aliphatic rings. The Morgan fingerprint density at radius 2 is 1.92 bits per heavy atom. The summed E-state index contributed by atoms with van der Waals surface area (Å²) in [5, 5.41) is 3.72. The molecule has 3 rings (SSSR count). The van der Waals surface area contributed by atoms with Crippen LogP contribution in [0.3, 0.4) is 0 Å². The number of amides is 1. The third kappa shape index (κ3) is 4.37. The number of carbonyl (C=O) groups excluding carboxylic acids is 1. The number of benzene rings is 2. The summed E-state index contributed by atoms with van der Waals surface area (Å²) >= 11 is 3.41. The highest BCUT2D eigenvalue weighted by molar-refractivity contribution is 9.10. The van der Waals surface area contributed by atoms with E-state index in [-0.39, 0.29) is 17.5 Å². The number of fused-ring (bicyclic) bond motifs is 1. The van der Waals surface area contributed by atoms with Crippen LogP contribution in [0.2, 0.25) is 0 Å². The van der Waals surface area contributed by atoms with Crippen molar-refractivity contribution in [3.05, 3.63) is 80.6 Å². The van der Waals surface area contributed by atoms with Crippen LogP contribution < -0.4 is 10.9 Å². The van der Waals surface area contributed by atoms with E-state index in [2.05, 4.69) is 38.4 Å². The number of nitrogens with one attached hydrogen (secondary N) is 2. The highest BCUT2D eigenvalue weighted by Crippen LogP contribution is 2.20. The molecule has 25 heavy (non-hydrogen) atoms. The predicted molar refractivity (Wildman–Crippen MR) is 104 cm³/mol. The van der Waals surface area contributed by atoms with Crippen molar-refractivity contribution in [1.82, 2.24) is 10.3 Å². The van der Waals surface area contributed by atoms with Crippen molar-refractivity contribution in [1.29, 1.82) is 0 Å². The van der Waals surface area contributed by atoms with E-state index in [0.717, 1.165) is 22.7 Å². The Balaban J connectivity index is 1.75. The second-order valence-corrected chi connectivity index (χ2v) is 7.05. The Hall–Kier alpha value is -2.40. The fraction of sp³-hybridized carbons (Fsp3) is 0.200. The number of aryl methyl sites for hydroxylation is 1. The molecule has 2 aromatic carbocycles. The summed E-state index contributed by atoms with van der Waals surface area (Å²) in [7, 11) is 0. The average molecular weight is 399 g/mol. The first-order chi connectivity index (χ1) is 12.0. The molecule has 128 valence electrons. The first-order valence-electron chi connectivity index (χ1n) is 8.20. The van der Waals surface area contributed by atoms with E-state index in [0.29, 0.717) is 11.1 Å². The number of hydrogen-bond donors (Lipinski definition) is 2. The topological polar surface area (TPSA) is 62.0 Å². The summed E-state index contributed by atoms with van der Waals surface area (Å²) in [4.78, 5) is 27.3. The van der Waals surface area contributed by atoms with E-state index < -0.39 is 0 Å². The number of H-pyrrole nitrogens is 1. The van der Waals surface area contributed by atoms with Crippen molar-refractivity contribution >= 4 is 32.7 Å². The molecule has 5 heteroatoms. The van der Waals surface area contributed by atoms with Crippen molar-refractivity contribution in [2.45, 2.75) is 25.8 Å². The molecule has 0 bridgehead atoms. The van der Waals surface area contributed by atoms with Gasteiger partial charge >= 0.3 is 0 Å². The lowest BCUT2D eigenvalue weighted by molar-refractivity contribution is 0.0940. The maximum absolute atomic E-state index is 12.7. The third-order valence-electron chi connectivity index (χ3n) is 4.14. The second-order valence-electron chi connectivity index (χ2n) is 6.14. The fourth-order valence-corrected chi connectivity index (χ4v) is 3.18. The minimum Gasteiger partial charge on any atom is -0.350 e. The number of hydrogen-bond acceptors (Lipinski definition) is 2. The molecular formula is C20H19BrN2O2. The Bertz CT molecular complexity index is 951. The van der Waals surface area contributed by atoms with Crippen LogP contribution in [0.4, 0.5) is 0 Å². The quantitative estimate of drug-likeness (QED) is 0.680. The van der Waals surface area contributed by atoms with Gasteiger partial charge in [-0.25, -0.2) is 0 Å². The second kappa shape index (κ2) is 7.66. The standard InChI is InChI=1S/C20H19BrN2O2/c1-13(7-8-14-5-3-2-4-6-14)22-20(25)17-12-19(24)23-18-10-9-15(21)11-16(17)18/h2-6,9-13H,7-8H2,1H3,(H,22,25)(H,23,24)/t13-/m0/s1. The van der Waals surface area contributed by atoms with Crippen LogP contribution in [0.15, 0.2) is 63.9 Å². The summed E-state index contributed by atoms with van der Waals surface area (Å²) in [5.74, 6) is -0.227. The molecule has 0 aliphatic heterocycles. The van der Waals surface area contributed by atoms with Gasteiger partial charge in [-0.15, -0.1) is 0 Å². The van der Waals surface area contributed by atoms with Gasteiger partial charge in [-0.3, -0.25) is 9.59 Å². The molecule has 0 saturated carbocycles. The lowest BCUT2D eigenvalue weighted by Crippen LogP contribution is -2.33. The van der Waals surface area contributed by atoms with Gasteiger partial charge in [0.25, 0.3) is 5.91 Å². The zero-order valence-corrected chi connectivity index (χ0v) is 15.5. The average Bonchev–Trinajstić information content (AvgIpc) is 2.60. The number of halogens is 1. The molecular weight excluding hydrogens is 380 g/mol. The Kier molecular flexibility index (Phi) is 5.34. The predicted octanol–water partition coefficient (Wildman–Crippen LogP) is 4.04.